The quantitative estimate of drug-likeness (QED) is 0.848. The predicted molar refractivity (Wildman–Crippen MR) is 73.6 cm³/mol. The molecule has 0 saturated carbocycles. The lowest BCUT2D eigenvalue weighted by atomic mass is 10.2. The fourth-order valence-corrected chi connectivity index (χ4v) is 2.10. The molecule has 0 saturated heterocycles. The molecule has 2 aromatic rings. The number of halogens is 3. The molecule has 1 aromatic heterocycles. The number of carboxylic acids is 1. The molecule has 22 heavy (non-hydrogen) atoms. The van der Waals surface area contributed by atoms with Crippen LogP contribution in [0.1, 0.15) is 11.1 Å². The molecule has 2 N–H and O–H groups in total. The topological polar surface area (TPSA) is 75.1 Å². The standard InChI is InChI=1S/C13H9F3N2O3S/c14-13(15,16)8-2-1-3-9(5-8)18-11(21)7(4-10(19)20)6-17-12(18)22/h1-3,5-6H,4H2,(H,17,22)(H,19,20). The summed E-state index contributed by atoms with van der Waals surface area (Å²) in [6.45, 7) is 0. The van der Waals surface area contributed by atoms with Crippen LogP contribution >= 0.6 is 12.2 Å². The maximum atomic E-state index is 12.7. The van der Waals surface area contributed by atoms with E-state index in [0.717, 1.165) is 29.0 Å². The van der Waals surface area contributed by atoms with Gasteiger partial charge in [-0.25, -0.2) is 0 Å². The lowest BCUT2D eigenvalue weighted by molar-refractivity contribution is -0.138. The van der Waals surface area contributed by atoms with Crippen LogP contribution in [0.25, 0.3) is 5.69 Å². The smallest absolute Gasteiger partial charge is 0.416 e. The van der Waals surface area contributed by atoms with Crippen LogP contribution in [-0.2, 0) is 17.4 Å². The van der Waals surface area contributed by atoms with E-state index in [-0.39, 0.29) is 16.0 Å². The maximum Gasteiger partial charge on any atom is 0.416 e. The zero-order chi connectivity index (χ0) is 16.5. The summed E-state index contributed by atoms with van der Waals surface area (Å²) >= 11 is 4.91. The Bertz CT molecular complexity index is 839. The summed E-state index contributed by atoms with van der Waals surface area (Å²) < 4.78 is 38.9. The molecule has 0 aliphatic carbocycles. The van der Waals surface area contributed by atoms with Gasteiger partial charge in [0.05, 0.1) is 17.7 Å². The number of nitrogens with one attached hydrogen (secondary N) is 1. The number of carboxylic acid groups (broad SMARTS) is 1. The van der Waals surface area contributed by atoms with Crippen LogP contribution in [0, 0.1) is 4.77 Å². The Morgan fingerprint density at radius 3 is 2.64 bits per heavy atom. The van der Waals surface area contributed by atoms with Gasteiger partial charge in [0.15, 0.2) is 4.77 Å². The van der Waals surface area contributed by atoms with Crippen molar-refractivity contribution in [1.29, 1.82) is 0 Å². The van der Waals surface area contributed by atoms with Gasteiger partial charge in [0.25, 0.3) is 5.56 Å². The minimum atomic E-state index is -4.57. The maximum absolute atomic E-state index is 12.7. The minimum Gasteiger partial charge on any atom is -0.481 e. The summed E-state index contributed by atoms with van der Waals surface area (Å²) in [6, 6.07) is 4.06. The Balaban J connectivity index is 2.65. The lowest BCUT2D eigenvalue weighted by Crippen LogP contribution is -2.25. The van der Waals surface area contributed by atoms with Crippen molar-refractivity contribution in [3.05, 3.63) is 56.7 Å². The van der Waals surface area contributed by atoms with Gasteiger partial charge >= 0.3 is 12.1 Å². The van der Waals surface area contributed by atoms with Gasteiger partial charge in [-0.2, -0.15) is 13.2 Å². The third-order valence-electron chi connectivity index (χ3n) is 2.82. The molecule has 2 rings (SSSR count). The number of alkyl halides is 3. The lowest BCUT2D eigenvalue weighted by Gasteiger charge is -2.11. The van der Waals surface area contributed by atoms with Crippen molar-refractivity contribution in [3.8, 4) is 5.69 Å². The van der Waals surface area contributed by atoms with E-state index in [0.29, 0.717) is 0 Å². The highest BCUT2D eigenvalue weighted by Gasteiger charge is 2.30. The number of aromatic amines is 1. The molecule has 0 amide bonds. The molecule has 0 aliphatic rings. The molecule has 0 aliphatic heterocycles. The van der Waals surface area contributed by atoms with Crippen LogP contribution in [0.2, 0.25) is 0 Å². The molecule has 9 heteroatoms. The molecule has 1 heterocycles. The number of nitrogens with zero attached hydrogens (tertiary/aromatic N) is 1. The number of benzene rings is 1. The van der Waals surface area contributed by atoms with E-state index in [1.807, 2.05) is 0 Å². The number of aromatic nitrogens is 2. The van der Waals surface area contributed by atoms with E-state index in [1.54, 1.807) is 0 Å². The molecule has 0 unspecified atom stereocenters. The highest BCUT2D eigenvalue weighted by Crippen LogP contribution is 2.30. The normalized spacial score (nSPS) is 11.4. The molecule has 0 spiro atoms. The highest BCUT2D eigenvalue weighted by atomic mass is 32.1. The molecule has 5 nitrogen and oxygen atoms in total. The summed E-state index contributed by atoms with van der Waals surface area (Å²) in [7, 11) is 0. The van der Waals surface area contributed by atoms with Gasteiger partial charge in [0.2, 0.25) is 0 Å². The van der Waals surface area contributed by atoms with Gasteiger partial charge in [0.1, 0.15) is 0 Å². The van der Waals surface area contributed by atoms with Crippen molar-refractivity contribution < 1.29 is 23.1 Å². The number of H-pyrrole nitrogens is 1. The van der Waals surface area contributed by atoms with Crippen LogP contribution in [0.5, 0.6) is 0 Å². The summed E-state index contributed by atoms with van der Waals surface area (Å²) in [5, 5.41) is 8.74. The third kappa shape index (κ3) is 3.25. The minimum absolute atomic E-state index is 0.0895. The first-order valence-corrected chi connectivity index (χ1v) is 6.34. The van der Waals surface area contributed by atoms with Crippen LogP contribution < -0.4 is 5.56 Å². The summed E-state index contributed by atoms with van der Waals surface area (Å²) in [4.78, 5) is 25.4. The van der Waals surface area contributed by atoms with Gasteiger partial charge < -0.3 is 10.1 Å². The second kappa shape index (κ2) is 5.76. The van der Waals surface area contributed by atoms with Crippen molar-refractivity contribution in [3.63, 3.8) is 0 Å². The van der Waals surface area contributed by atoms with Gasteiger partial charge in [-0.05, 0) is 30.4 Å². The second-order valence-corrected chi connectivity index (χ2v) is 4.76. The van der Waals surface area contributed by atoms with Crippen molar-refractivity contribution in [1.82, 2.24) is 9.55 Å². The molecule has 0 fully saturated rings. The zero-order valence-electron chi connectivity index (χ0n) is 10.8. The largest absolute Gasteiger partial charge is 0.481 e. The van der Waals surface area contributed by atoms with E-state index in [4.69, 9.17) is 17.3 Å². The van der Waals surface area contributed by atoms with Crippen molar-refractivity contribution >= 4 is 18.2 Å². The van der Waals surface area contributed by atoms with E-state index >= 15 is 0 Å². The Kier molecular flexibility index (Phi) is 4.18. The van der Waals surface area contributed by atoms with Gasteiger partial charge in [-0.3, -0.25) is 14.2 Å². The first kappa shape index (κ1) is 16.0. The van der Waals surface area contributed by atoms with Crippen LogP contribution in [0.4, 0.5) is 13.2 Å². The van der Waals surface area contributed by atoms with E-state index in [9.17, 15) is 22.8 Å². The second-order valence-electron chi connectivity index (χ2n) is 4.38. The van der Waals surface area contributed by atoms with Crippen molar-refractivity contribution in [2.75, 3.05) is 0 Å². The molecular weight excluding hydrogens is 321 g/mol. The monoisotopic (exact) mass is 330 g/mol. The molecule has 0 atom stereocenters. The summed E-state index contributed by atoms with van der Waals surface area (Å²) in [5.41, 5.74) is -1.91. The van der Waals surface area contributed by atoms with Crippen molar-refractivity contribution in [2.24, 2.45) is 0 Å². The average molecular weight is 330 g/mol. The number of hydrogen-bond acceptors (Lipinski definition) is 3. The predicted octanol–water partition coefficient (Wildman–Crippen LogP) is 2.54. The third-order valence-corrected chi connectivity index (χ3v) is 3.12. The molecule has 0 radical (unpaired) electrons. The molecule has 116 valence electrons. The number of aliphatic carboxylic acids is 1. The zero-order valence-corrected chi connectivity index (χ0v) is 11.7. The van der Waals surface area contributed by atoms with Crippen LogP contribution in [-0.4, -0.2) is 20.6 Å². The highest BCUT2D eigenvalue weighted by molar-refractivity contribution is 7.71. The van der Waals surface area contributed by atoms with Crippen molar-refractivity contribution in [2.45, 2.75) is 12.6 Å². The summed E-state index contributed by atoms with van der Waals surface area (Å²) in [6.07, 6.45) is -3.99. The van der Waals surface area contributed by atoms with E-state index < -0.39 is 29.7 Å². The fraction of sp³-hybridized carbons (Fsp3) is 0.154. The number of carbonyl (C=O) groups is 1. The van der Waals surface area contributed by atoms with E-state index in [1.165, 1.54) is 6.07 Å². The Hall–Kier alpha value is -2.42. The Morgan fingerprint density at radius 2 is 2.05 bits per heavy atom. The first-order valence-electron chi connectivity index (χ1n) is 5.93. The van der Waals surface area contributed by atoms with Gasteiger partial charge in [0, 0.05) is 11.8 Å². The Morgan fingerprint density at radius 1 is 1.36 bits per heavy atom. The van der Waals surface area contributed by atoms with Crippen LogP contribution in [0.15, 0.2) is 35.3 Å². The Labute approximate surface area is 126 Å². The molecule has 0 bridgehead atoms. The number of rotatable bonds is 3. The van der Waals surface area contributed by atoms with Gasteiger partial charge in [-0.1, -0.05) is 6.07 Å². The molecule has 1 aromatic carbocycles. The van der Waals surface area contributed by atoms with E-state index in [2.05, 4.69) is 4.98 Å². The number of hydrogen-bond donors (Lipinski definition) is 2. The molecular formula is C13H9F3N2O3S. The summed E-state index contributed by atoms with van der Waals surface area (Å²) in [5.74, 6) is -1.24. The first-order chi connectivity index (χ1) is 10.2. The fourth-order valence-electron chi connectivity index (χ4n) is 1.86. The average Bonchev–Trinajstić information content (AvgIpc) is 2.41. The van der Waals surface area contributed by atoms with Gasteiger partial charge in [-0.15, -0.1) is 0 Å². The SMILES string of the molecule is O=C(O)Cc1c[nH]c(=S)n(-c2cccc(C(F)(F)F)c2)c1=O. The van der Waals surface area contributed by atoms with Crippen LogP contribution in [0.3, 0.4) is 0 Å².